The Morgan fingerprint density at radius 1 is 1.35 bits per heavy atom. The molecule has 2 aliphatic rings. The lowest BCUT2D eigenvalue weighted by Gasteiger charge is -2.41. The summed E-state index contributed by atoms with van der Waals surface area (Å²) in [5, 5.41) is 8.87. The summed E-state index contributed by atoms with van der Waals surface area (Å²) >= 11 is 0. The number of hydrogen-bond donors (Lipinski definition) is 2. The van der Waals surface area contributed by atoms with E-state index in [1.807, 2.05) is 0 Å². The highest BCUT2D eigenvalue weighted by molar-refractivity contribution is 7.91. The molecule has 0 aromatic carbocycles. The van der Waals surface area contributed by atoms with Crippen LogP contribution in [0.4, 0.5) is 0 Å². The van der Waals surface area contributed by atoms with E-state index in [4.69, 9.17) is 10.8 Å². The fourth-order valence-corrected chi connectivity index (χ4v) is 4.32. The van der Waals surface area contributed by atoms with Crippen molar-refractivity contribution in [2.45, 2.75) is 43.7 Å². The molecule has 3 N–H and O–H groups in total. The molecule has 2 fully saturated rings. The van der Waals surface area contributed by atoms with E-state index in [0.717, 1.165) is 19.3 Å². The molecular formula is C12H20N2O5S. The van der Waals surface area contributed by atoms with Gasteiger partial charge in [0.15, 0.2) is 9.84 Å². The maximum Gasteiger partial charge on any atom is 0.305 e. The molecule has 2 rings (SSSR count). The second-order valence-corrected chi connectivity index (χ2v) is 8.07. The number of aliphatic carboxylic acids is 1. The van der Waals surface area contributed by atoms with Crippen LogP contribution in [0.3, 0.4) is 0 Å². The summed E-state index contributed by atoms with van der Waals surface area (Å²) in [5.74, 6) is -1.71. The zero-order chi connectivity index (χ0) is 15.0. The van der Waals surface area contributed by atoms with E-state index >= 15 is 0 Å². The van der Waals surface area contributed by atoms with E-state index in [2.05, 4.69) is 0 Å². The molecule has 114 valence electrons. The summed E-state index contributed by atoms with van der Waals surface area (Å²) in [5.41, 5.74) is 5.54. The minimum absolute atomic E-state index is 0.0647. The van der Waals surface area contributed by atoms with Crippen LogP contribution in [0.1, 0.15) is 32.1 Å². The van der Waals surface area contributed by atoms with Gasteiger partial charge >= 0.3 is 5.97 Å². The minimum Gasteiger partial charge on any atom is -0.481 e. The van der Waals surface area contributed by atoms with E-state index in [1.54, 1.807) is 0 Å². The van der Waals surface area contributed by atoms with Crippen LogP contribution < -0.4 is 5.73 Å². The summed E-state index contributed by atoms with van der Waals surface area (Å²) in [6, 6.07) is -0.776. The summed E-state index contributed by atoms with van der Waals surface area (Å²) in [7, 11) is -3.27. The molecule has 0 spiro atoms. The smallest absolute Gasteiger partial charge is 0.305 e. The number of rotatable bonds is 4. The van der Waals surface area contributed by atoms with Crippen molar-refractivity contribution < 1.29 is 23.1 Å². The number of nitrogens with two attached hydrogens (primary N) is 1. The van der Waals surface area contributed by atoms with Crippen molar-refractivity contribution in [3.63, 3.8) is 0 Å². The average molecular weight is 304 g/mol. The molecule has 20 heavy (non-hydrogen) atoms. The molecule has 1 unspecified atom stereocenters. The van der Waals surface area contributed by atoms with E-state index in [1.165, 1.54) is 4.90 Å². The van der Waals surface area contributed by atoms with Gasteiger partial charge in [-0.15, -0.1) is 0 Å². The van der Waals surface area contributed by atoms with Gasteiger partial charge < -0.3 is 15.7 Å². The number of carbonyl (C=O) groups excluding carboxylic acids is 1. The molecule has 1 saturated heterocycles. The molecule has 0 aromatic rings. The summed E-state index contributed by atoms with van der Waals surface area (Å²) in [6.07, 6.45) is 2.39. The quantitative estimate of drug-likeness (QED) is 0.713. The third-order valence-corrected chi connectivity index (χ3v) is 5.81. The van der Waals surface area contributed by atoms with Crippen molar-refractivity contribution in [2.24, 2.45) is 5.73 Å². The highest BCUT2D eigenvalue weighted by atomic mass is 32.2. The molecular weight excluding hydrogens is 284 g/mol. The van der Waals surface area contributed by atoms with Crippen molar-refractivity contribution in [3.8, 4) is 0 Å². The maximum absolute atomic E-state index is 12.3. The first-order valence-corrected chi connectivity index (χ1v) is 8.53. The third-order valence-electron chi connectivity index (χ3n) is 4.11. The normalized spacial score (nSPS) is 27.6. The standard InChI is InChI=1S/C12H20N2O5S/c13-12(2-1-3-12)7-10(15)14-4-5-20(18,19)8-9(14)6-11(16)17/h9H,1-8,13H2,(H,16,17). The molecule has 0 aromatic heterocycles. The lowest BCUT2D eigenvalue weighted by atomic mass is 9.75. The van der Waals surface area contributed by atoms with Crippen LogP contribution in [0.2, 0.25) is 0 Å². The Morgan fingerprint density at radius 3 is 2.50 bits per heavy atom. The first kappa shape index (κ1) is 15.2. The largest absolute Gasteiger partial charge is 0.481 e. The Hall–Kier alpha value is -1.15. The fourth-order valence-electron chi connectivity index (χ4n) is 2.80. The monoisotopic (exact) mass is 304 g/mol. The second kappa shape index (κ2) is 5.33. The number of hydrogen-bond acceptors (Lipinski definition) is 5. The number of carbonyl (C=O) groups is 2. The Labute approximate surface area is 118 Å². The first-order valence-electron chi connectivity index (χ1n) is 6.71. The van der Waals surface area contributed by atoms with Crippen LogP contribution in [-0.2, 0) is 19.4 Å². The lowest BCUT2D eigenvalue weighted by molar-refractivity contribution is -0.141. The number of nitrogens with zero attached hydrogens (tertiary/aromatic N) is 1. The summed E-state index contributed by atoms with van der Waals surface area (Å²) < 4.78 is 23.2. The van der Waals surface area contributed by atoms with Crippen molar-refractivity contribution in [1.82, 2.24) is 4.90 Å². The fraction of sp³-hybridized carbons (Fsp3) is 0.833. The van der Waals surface area contributed by atoms with Crippen molar-refractivity contribution in [1.29, 1.82) is 0 Å². The van der Waals surface area contributed by atoms with Crippen LogP contribution in [0.15, 0.2) is 0 Å². The maximum atomic E-state index is 12.3. The van der Waals surface area contributed by atoms with Crippen LogP contribution in [-0.4, -0.2) is 59.9 Å². The van der Waals surface area contributed by atoms with Gasteiger partial charge in [0.25, 0.3) is 0 Å². The van der Waals surface area contributed by atoms with Crippen molar-refractivity contribution in [3.05, 3.63) is 0 Å². The van der Waals surface area contributed by atoms with E-state index < -0.39 is 27.4 Å². The van der Waals surface area contributed by atoms with Crippen LogP contribution >= 0.6 is 0 Å². The van der Waals surface area contributed by atoms with Gasteiger partial charge in [0, 0.05) is 18.5 Å². The van der Waals surface area contributed by atoms with Gasteiger partial charge in [0.1, 0.15) is 0 Å². The SMILES string of the molecule is NC1(CC(=O)N2CCS(=O)(=O)CC2CC(=O)O)CCC1. The molecule has 8 heteroatoms. The summed E-state index contributed by atoms with van der Waals surface area (Å²) in [6.45, 7) is 0.0647. The molecule has 1 heterocycles. The van der Waals surface area contributed by atoms with E-state index in [-0.39, 0.29) is 36.8 Å². The molecule has 1 atom stereocenters. The van der Waals surface area contributed by atoms with Crippen LogP contribution in [0.5, 0.6) is 0 Å². The zero-order valence-electron chi connectivity index (χ0n) is 11.2. The van der Waals surface area contributed by atoms with Gasteiger partial charge in [0.2, 0.25) is 5.91 Å². The Bertz CT molecular complexity index is 512. The van der Waals surface area contributed by atoms with Gasteiger partial charge in [-0.1, -0.05) is 0 Å². The second-order valence-electron chi connectivity index (χ2n) is 5.85. The first-order chi connectivity index (χ1) is 9.21. The van der Waals surface area contributed by atoms with Gasteiger partial charge in [-0.3, -0.25) is 9.59 Å². The van der Waals surface area contributed by atoms with E-state index in [0.29, 0.717) is 0 Å². The number of carboxylic acids is 1. The topological polar surface area (TPSA) is 118 Å². The highest BCUT2D eigenvalue weighted by Gasteiger charge is 2.40. The molecule has 1 aliphatic carbocycles. The van der Waals surface area contributed by atoms with Crippen LogP contribution in [0.25, 0.3) is 0 Å². The number of sulfone groups is 1. The molecule has 0 radical (unpaired) electrons. The predicted molar refractivity (Wildman–Crippen MR) is 71.8 cm³/mol. The Morgan fingerprint density at radius 2 is 2.00 bits per heavy atom. The third kappa shape index (κ3) is 3.49. The Balaban J connectivity index is 2.06. The highest BCUT2D eigenvalue weighted by Crippen LogP contribution is 2.33. The van der Waals surface area contributed by atoms with Gasteiger partial charge in [-0.25, -0.2) is 8.42 Å². The van der Waals surface area contributed by atoms with Crippen molar-refractivity contribution in [2.75, 3.05) is 18.1 Å². The van der Waals surface area contributed by atoms with Crippen LogP contribution in [0, 0.1) is 0 Å². The molecule has 0 bridgehead atoms. The van der Waals surface area contributed by atoms with Crippen molar-refractivity contribution >= 4 is 21.7 Å². The van der Waals surface area contributed by atoms with E-state index in [9.17, 15) is 18.0 Å². The zero-order valence-corrected chi connectivity index (χ0v) is 12.1. The number of amides is 1. The predicted octanol–water partition coefficient (Wildman–Crippen LogP) is -0.642. The number of carboxylic acid groups (broad SMARTS) is 1. The Kier molecular flexibility index (Phi) is 4.06. The summed E-state index contributed by atoms with van der Waals surface area (Å²) in [4.78, 5) is 24.5. The van der Waals surface area contributed by atoms with Gasteiger partial charge in [-0.05, 0) is 19.3 Å². The lowest BCUT2D eigenvalue weighted by Crippen LogP contribution is -2.56. The average Bonchev–Trinajstić information content (AvgIpc) is 2.24. The minimum atomic E-state index is -3.27. The van der Waals surface area contributed by atoms with Gasteiger partial charge in [-0.2, -0.15) is 0 Å². The molecule has 1 saturated carbocycles. The molecule has 7 nitrogen and oxygen atoms in total. The van der Waals surface area contributed by atoms with Gasteiger partial charge in [0.05, 0.1) is 24.0 Å². The molecule has 1 amide bonds. The molecule has 1 aliphatic heterocycles.